The molecular weight excluding hydrogens is 299 g/mol. The lowest BCUT2D eigenvalue weighted by atomic mass is 10.2. The van der Waals surface area contributed by atoms with Gasteiger partial charge in [-0.2, -0.15) is 5.10 Å². The quantitative estimate of drug-likeness (QED) is 0.783. The number of carbonyl (C=O) groups excluding carboxylic acids is 1. The lowest BCUT2D eigenvalue weighted by Gasteiger charge is -2.03. The number of halogens is 1. The summed E-state index contributed by atoms with van der Waals surface area (Å²) in [6.45, 7) is 0.430. The molecule has 3 aromatic rings. The maximum Gasteiger partial charge on any atom is 0.269 e. The summed E-state index contributed by atoms with van der Waals surface area (Å²) < 4.78 is 19.8. The summed E-state index contributed by atoms with van der Waals surface area (Å²) in [4.78, 5) is 16.3. The number of aromatic nitrogens is 3. The maximum absolute atomic E-state index is 12.9. The number of hydrogen-bond acceptors (Lipinski definition) is 4. The van der Waals surface area contributed by atoms with E-state index in [1.807, 2.05) is 0 Å². The van der Waals surface area contributed by atoms with Gasteiger partial charge in [-0.3, -0.25) is 9.48 Å². The number of rotatable bonds is 5. The summed E-state index contributed by atoms with van der Waals surface area (Å²) in [6.07, 6.45) is 3.64. The molecule has 118 valence electrons. The van der Waals surface area contributed by atoms with E-state index in [9.17, 15) is 9.18 Å². The van der Waals surface area contributed by atoms with Gasteiger partial charge in [-0.05, 0) is 30.3 Å². The van der Waals surface area contributed by atoms with Gasteiger partial charge >= 0.3 is 0 Å². The van der Waals surface area contributed by atoms with Crippen molar-refractivity contribution < 1.29 is 13.6 Å². The fourth-order valence-electron chi connectivity index (χ4n) is 2.14. The van der Waals surface area contributed by atoms with Gasteiger partial charge in [0.2, 0.25) is 5.89 Å². The zero-order valence-corrected chi connectivity index (χ0v) is 12.5. The molecule has 7 heteroatoms. The highest BCUT2D eigenvalue weighted by Crippen LogP contribution is 2.18. The molecular formula is C16H15FN4O2. The molecule has 0 spiro atoms. The van der Waals surface area contributed by atoms with Gasteiger partial charge < -0.3 is 9.73 Å². The molecule has 0 radical (unpaired) electrons. The number of carbonyl (C=O) groups is 1. The van der Waals surface area contributed by atoms with Gasteiger partial charge in [-0.1, -0.05) is 0 Å². The van der Waals surface area contributed by atoms with Crippen LogP contribution < -0.4 is 5.32 Å². The number of aryl methyl sites for hydroxylation is 1. The summed E-state index contributed by atoms with van der Waals surface area (Å²) in [5, 5.41) is 6.75. The number of nitrogens with one attached hydrogen (secondary N) is 1. The SMILES string of the molecule is Cn1nccc1C(=O)NCCc1coc(-c2ccc(F)cc2)n1. The van der Waals surface area contributed by atoms with Gasteiger partial charge in [0.05, 0.1) is 5.69 Å². The summed E-state index contributed by atoms with van der Waals surface area (Å²) in [6, 6.07) is 7.57. The van der Waals surface area contributed by atoms with E-state index >= 15 is 0 Å². The topological polar surface area (TPSA) is 73.0 Å². The Labute approximate surface area is 132 Å². The van der Waals surface area contributed by atoms with Crippen molar-refractivity contribution in [1.82, 2.24) is 20.1 Å². The minimum Gasteiger partial charge on any atom is -0.444 e. The van der Waals surface area contributed by atoms with Crippen LogP contribution in [-0.2, 0) is 13.5 Å². The molecule has 0 unspecified atom stereocenters. The Hall–Kier alpha value is -2.96. The monoisotopic (exact) mass is 314 g/mol. The second-order valence-corrected chi connectivity index (χ2v) is 5.00. The predicted molar refractivity (Wildman–Crippen MR) is 81.1 cm³/mol. The lowest BCUT2D eigenvalue weighted by molar-refractivity contribution is 0.0944. The van der Waals surface area contributed by atoms with Gasteiger partial charge in [0.25, 0.3) is 5.91 Å². The third kappa shape index (κ3) is 3.45. The van der Waals surface area contributed by atoms with E-state index in [0.29, 0.717) is 30.1 Å². The number of hydrogen-bond donors (Lipinski definition) is 1. The second-order valence-electron chi connectivity index (χ2n) is 5.00. The summed E-state index contributed by atoms with van der Waals surface area (Å²) in [5.74, 6) is -0.0661. The molecule has 23 heavy (non-hydrogen) atoms. The van der Waals surface area contributed by atoms with Crippen LogP contribution in [0.2, 0.25) is 0 Å². The Morgan fingerprint density at radius 2 is 2.09 bits per heavy atom. The first-order valence-corrected chi connectivity index (χ1v) is 7.10. The molecule has 2 heterocycles. The van der Waals surface area contributed by atoms with Crippen molar-refractivity contribution in [2.45, 2.75) is 6.42 Å². The van der Waals surface area contributed by atoms with Crippen LogP contribution in [0.15, 0.2) is 47.2 Å². The third-order valence-corrected chi connectivity index (χ3v) is 3.36. The molecule has 1 aromatic carbocycles. The summed E-state index contributed by atoms with van der Waals surface area (Å²) in [7, 11) is 1.71. The minimum absolute atomic E-state index is 0.188. The van der Waals surface area contributed by atoms with E-state index in [0.717, 1.165) is 5.69 Å². The highest BCUT2D eigenvalue weighted by Gasteiger charge is 2.10. The molecule has 1 amide bonds. The van der Waals surface area contributed by atoms with Crippen molar-refractivity contribution in [3.8, 4) is 11.5 Å². The third-order valence-electron chi connectivity index (χ3n) is 3.36. The molecule has 1 N–H and O–H groups in total. The Morgan fingerprint density at radius 1 is 1.30 bits per heavy atom. The zero-order chi connectivity index (χ0) is 16.2. The van der Waals surface area contributed by atoms with E-state index in [-0.39, 0.29) is 11.7 Å². The summed E-state index contributed by atoms with van der Waals surface area (Å²) >= 11 is 0. The van der Waals surface area contributed by atoms with E-state index in [4.69, 9.17) is 4.42 Å². The number of oxazole rings is 1. The van der Waals surface area contributed by atoms with Crippen molar-refractivity contribution in [3.05, 3.63) is 60.0 Å². The number of benzene rings is 1. The normalized spacial score (nSPS) is 10.7. The smallest absolute Gasteiger partial charge is 0.269 e. The van der Waals surface area contributed by atoms with E-state index in [1.165, 1.54) is 23.1 Å². The molecule has 0 bridgehead atoms. The molecule has 3 rings (SSSR count). The molecule has 0 aliphatic carbocycles. The molecule has 0 fully saturated rings. The first kappa shape index (κ1) is 15.0. The Morgan fingerprint density at radius 3 is 2.78 bits per heavy atom. The van der Waals surface area contributed by atoms with E-state index in [2.05, 4.69) is 15.4 Å². The number of amides is 1. The Kier molecular flexibility index (Phi) is 4.18. The van der Waals surface area contributed by atoms with E-state index < -0.39 is 0 Å². The van der Waals surface area contributed by atoms with Gasteiger partial charge in [0, 0.05) is 31.8 Å². The van der Waals surface area contributed by atoms with Crippen molar-refractivity contribution in [2.24, 2.45) is 7.05 Å². The van der Waals surface area contributed by atoms with Crippen LogP contribution in [-0.4, -0.2) is 27.2 Å². The van der Waals surface area contributed by atoms with Gasteiger partial charge in [-0.25, -0.2) is 9.37 Å². The van der Waals surface area contributed by atoms with E-state index in [1.54, 1.807) is 31.4 Å². The fourth-order valence-corrected chi connectivity index (χ4v) is 2.14. The zero-order valence-electron chi connectivity index (χ0n) is 12.5. The van der Waals surface area contributed by atoms with Gasteiger partial charge in [-0.15, -0.1) is 0 Å². The van der Waals surface area contributed by atoms with Crippen LogP contribution in [0.25, 0.3) is 11.5 Å². The molecule has 0 atom stereocenters. The van der Waals surface area contributed by atoms with Gasteiger partial charge in [0.1, 0.15) is 17.8 Å². The van der Waals surface area contributed by atoms with Crippen LogP contribution in [0.3, 0.4) is 0 Å². The van der Waals surface area contributed by atoms with Crippen LogP contribution >= 0.6 is 0 Å². The van der Waals surface area contributed by atoms with Crippen LogP contribution in [0.1, 0.15) is 16.2 Å². The van der Waals surface area contributed by atoms with Crippen LogP contribution in [0.5, 0.6) is 0 Å². The average Bonchev–Trinajstić information content (AvgIpc) is 3.17. The minimum atomic E-state index is -0.307. The van der Waals surface area contributed by atoms with Crippen LogP contribution in [0, 0.1) is 5.82 Å². The molecule has 0 aliphatic rings. The van der Waals surface area contributed by atoms with Crippen molar-refractivity contribution >= 4 is 5.91 Å². The second kappa shape index (κ2) is 6.43. The standard InChI is InChI=1S/C16H15FN4O2/c1-21-14(7-9-19-21)15(22)18-8-6-13-10-23-16(20-13)11-2-4-12(17)5-3-11/h2-5,7,9-10H,6,8H2,1H3,(H,18,22). The van der Waals surface area contributed by atoms with Crippen LogP contribution in [0.4, 0.5) is 4.39 Å². The maximum atomic E-state index is 12.9. The Bertz CT molecular complexity index is 808. The van der Waals surface area contributed by atoms with Crippen molar-refractivity contribution in [3.63, 3.8) is 0 Å². The summed E-state index contributed by atoms with van der Waals surface area (Å²) in [5.41, 5.74) is 1.92. The first-order chi connectivity index (χ1) is 11.1. The van der Waals surface area contributed by atoms with Crippen molar-refractivity contribution in [1.29, 1.82) is 0 Å². The highest BCUT2D eigenvalue weighted by molar-refractivity contribution is 5.92. The lowest BCUT2D eigenvalue weighted by Crippen LogP contribution is -2.27. The molecule has 0 saturated heterocycles. The fraction of sp³-hybridized carbons (Fsp3) is 0.188. The molecule has 0 saturated carbocycles. The highest BCUT2D eigenvalue weighted by atomic mass is 19.1. The van der Waals surface area contributed by atoms with Crippen molar-refractivity contribution in [2.75, 3.05) is 6.54 Å². The predicted octanol–water partition coefficient (Wildman–Crippen LogP) is 2.19. The molecule has 6 nitrogen and oxygen atoms in total. The average molecular weight is 314 g/mol. The first-order valence-electron chi connectivity index (χ1n) is 7.10. The Balaban J connectivity index is 1.56. The molecule has 2 aromatic heterocycles. The largest absolute Gasteiger partial charge is 0.444 e. The molecule has 0 aliphatic heterocycles. The number of nitrogens with zero attached hydrogens (tertiary/aromatic N) is 3. The van der Waals surface area contributed by atoms with Gasteiger partial charge in [0.15, 0.2) is 0 Å².